The summed E-state index contributed by atoms with van der Waals surface area (Å²) in [4.78, 5) is 13.0. The van der Waals surface area contributed by atoms with Gasteiger partial charge in [-0.15, -0.1) is 16.8 Å². The van der Waals surface area contributed by atoms with Gasteiger partial charge in [0.25, 0.3) is 0 Å². The minimum atomic E-state index is -0.423. The zero-order valence-electron chi connectivity index (χ0n) is 14.9. The first-order valence-corrected chi connectivity index (χ1v) is 10.1. The van der Waals surface area contributed by atoms with E-state index in [1.807, 2.05) is 61.5 Å². The van der Waals surface area contributed by atoms with Crippen molar-refractivity contribution in [1.82, 2.24) is 10.2 Å². The number of hydrogen-bond acceptors (Lipinski definition) is 6. The van der Waals surface area contributed by atoms with Crippen molar-refractivity contribution < 1.29 is 4.79 Å². The van der Waals surface area contributed by atoms with E-state index in [0.717, 1.165) is 21.2 Å². The topological polar surface area (TPSA) is 66.9 Å². The number of thioether (sulfide) groups is 1. The number of hydrogen-bond donors (Lipinski definition) is 2. The first kappa shape index (κ1) is 19.1. The standard InChI is InChI=1S/C20H20N4OS2/c1-3-13-21-19-23-24-20(27-19)26-17(15-7-5-4-6-8-15)18(25)22-16-11-9-14(2)10-12-16/h3-12,17H,1,13H2,2H3,(H,21,23)(H,22,25)/t17-/m0/s1. The number of nitrogens with one attached hydrogen (secondary N) is 2. The average Bonchev–Trinajstić information content (AvgIpc) is 3.14. The zero-order chi connectivity index (χ0) is 19.1. The molecule has 1 heterocycles. The number of carbonyl (C=O) groups excluding carboxylic acids is 1. The van der Waals surface area contributed by atoms with E-state index in [1.54, 1.807) is 6.08 Å². The molecule has 1 atom stereocenters. The lowest BCUT2D eigenvalue weighted by molar-refractivity contribution is -0.115. The highest BCUT2D eigenvalue weighted by Gasteiger charge is 2.24. The molecule has 3 rings (SSSR count). The van der Waals surface area contributed by atoms with Crippen molar-refractivity contribution in [2.45, 2.75) is 16.5 Å². The molecule has 2 N–H and O–H groups in total. The number of nitrogens with zero attached hydrogens (tertiary/aromatic N) is 2. The molecule has 0 radical (unpaired) electrons. The molecule has 0 aliphatic heterocycles. The van der Waals surface area contributed by atoms with Crippen molar-refractivity contribution in [1.29, 1.82) is 0 Å². The molecule has 0 aliphatic rings. The van der Waals surface area contributed by atoms with Crippen LogP contribution >= 0.6 is 23.1 Å². The Hall–Kier alpha value is -2.64. The van der Waals surface area contributed by atoms with Gasteiger partial charge in [0.2, 0.25) is 11.0 Å². The molecular formula is C20H20N4OS2. The fourth-order valence-electron chi connectivity index (χ4n) is 2.33. The van der Waals surface area contributed by atoms with Crippen molar-refractivity contribution in [3.05, 3.63) is 78.4 Å². The number of anilines is 2. The van der Waals surface area contributed by atoms with Gasteiger partial charge in [0.05, 0.1) is 0 Å². The number of carbonyl (C=O) groups is 1. The average molecular weight is 397 g/mol. The summed E-state index contributed by atoms with van der Waals surface area (Å²) >= 11 is 2.82. The molecule has 0 spiro atoms. The van der Waals surface area contributed by atoms with Gasteiger partial charge in [-0.3, -0.25) is 4.79 Å². The van der Waals surface area contributed by atoms with E-state index < -0.39 is 5.25 Å². The summed E-state index contributed by atoms with van der Waals surface area (Å²) in [7, 11) is 0. The van der Waals surface area contributed by atoms with E-state index in [0.29, 0.717) is 11.7 Å². The van der Waals surface area contributed by atoms with Crippen molar-refractivity contribution in [3.63, 3.8) is 0 Å². The van der Waals surface area contributed by atoms with Crippen LogP contribution in [0.15, 0.2) is 71.6 Å². The Kier molecular flexibility index (Phi) is 6.62. The van der Waals surface area contributed by atoms with Crippen molar-refractivity contribution >= 4 is 39.8 Å². The zero-order valence-corrected chi connectivity index (χ0v) is 16.5. The van der Waals surface area contributed by atoms with E-state index in [-0.39, 0.29) is 5.91 Å². The molecule has 3 aromatic rings. The predicted octanol–water partition coefficient (Wildman–Crippen LogP) is 4.92. The van der Waals surface area contributed by atoms with Gasteiger partial charge in [0.15, 0.2) is 4.34 Å². The third-order valence-corrected chi connectivity index (χ3v) is 5.90. The quantitative estimate of drug-likeness (QED) is 0.418. The number of aryl methyl sites for hydroxylation is 1. The number of benzene rings is 2. The van der Waals surface area contributed by atoms with Crippen LogP contribution in [0.3, 0.4) is 0 Å². The van der Waals surface area contributed by atoms with Crippen LogP contribution in [0.4, 0.5) is 10.8 Å². The van der Waals surface area contributed by atoms with E-state index in [1.165, 1.54) is 23.1 Å². The Labute approximate surface area is 166 Å². The third kappa shape index (κ3) is 5.42. The summed E-state index contributed by atoms with van der Waals surface area (Å²) in [6.45, 7) is 6.31. The van der Waals surface area contributed by atoms with Crippen molar-refractivity contribution in [3.8, 4) is 0 Å². The fraction of sp³-hybridized carbons (Fsp3) is 0.150. The van der Waals surface area contributed by atoms with Gasteiger partial charge in [-0.2, -0.15) is 0 Å². The van der Waals surface area contributed by atoms with Crippen LogP contribution in [0, 0.1) is 6.92 Å². The first-order chi connectivity index (χ1) is 13.2. The second kappa shape index (κ2) is 9.34. The maximum absolute atomic E-state index is 13.0. The Morgan fingerprint density at radius 3 is 2.63 bits per heavy atom. The molecule has 27 heavy (non-hydrogen) atoms. The molecule has 0 saturated carbocycles. The van der Waals surface area contributed by atoms with E-state index in [9.17, 15) is 4.79 Å². The molecule has 0 unspecified atom stereocenters. The summed E-state index contributed by atoms with van der Waals surface area (Å²) in [6, 6.07) is 17.5. The Balaban J connectivity index is 1.78. The molecule has 138 valence electrons. The van der Waals surface area contributed by atoms with Gasteiger partial charge >= 0.3 is 0 Å². The van der Waals surface area contributed by atoms with Crippen LogP contribution in [-0.2, 0) is 4.79 Å². The summed E-state index contributed by atoms with van der Waals surface area (Å²) in [5, 5.41) is 14.7. The lowest BCUT2D eigenvalue weighted by Gasteiger charge is -2.15. The smallest absolute Gasteiger partial charge is 0.242 e. The van der Waals surface area contributed by atoms with Gasteiger partial charge in [-0.05, 0) is 24.6 Å². The maximum Gasteiger partial charge on any atom is 0.242 e. The second-order valence-electron chi connectivity index (χ2n) is 5.81. The van der Waals surface area contributed by atoms with Crippen LogP contribution < -0.4 is 10.6 Å². The van der Waals surface area contributed by atoms with Gasteiger partial charge < -0.3 is 10.6 Å². The van der Waals surface area contributed by atoms with Gasteiger partial charge in [-0.25, -0.2) is 0 Å². The highest BCUT2D eigenvalue weighted by molar-refractivity contribution is 8.02. The second-order valence-corrected chi connectivity index (χ2v) is 8.14. The van der Waals surface area contributed by atoms with Crippen molar-refractivity contribution in [2.24, 2.45) is 0 Å². The Morgan fingerprint density at radius 2 is 1.93 bits per heavy atom. The van der Waals surface area contributed by atoms with Gasteiger partial charge in [0.1, 0.15) is 5.25 Å². The summed E-state index contributed by atoms with van der Waals surface area (Å²) in [5.41, 5.74) is 2.84. The lowest BCUT2D eigenvalue weighted by Crippen LogP contribution is -2.19. The molecule has 1 amide bonds. The molecule has 2 aromatic carbocycles. The largest absolute Gasteiger partial charge is 0.357 e. The third-order valence-electron chi connectivity index (χ3n) is 3.68. The molecule has 1 aromatic heterocycles. The van der Waals surface area contributed by atoms with E-state index >= 15 is 0 Å². The van der Waals surface area contributed by atoms with Crippen LogP contribution in [0.2, 0.25) is 0 Å². The van der Waals surface area contributed by atoms with Crippen LogP contribution in [0.25, 0.3) is 0 Å². The lowest BCUT2D eigenvalue weighted by atomic mass is 10.1. The predicted molar refractivity (Wildman–Crippen MR) is 113 cm³/mol. The van der Waals surface area contributed by atoms with Crippen molar-refractivity contribution in [2.75, 3.05) is 17.2 Å². The van der Waals surface area contributed by atoms with Crippen LogP contribution in [0.1, 0.15) is 16.4 Å². The van der Waals surface area contributed by atoms with E-state index in [4.69, 9.17) is 0 Å². The van der Waals surface area contributed by atoms with Gasteiger partial charge in [-0.1, -0.05) is 77.2 Å². The maximum atomic E-state index is 13.0. The number of amides is 1. The monoisotopic (exact) mass is 396 g/mol. The normalized spacial score (nSPS) is 11.6. The summed E-state index contributed by atoms with van der Waals surface area (Å²) < 4.78 is 0.731. The van der Waals surface area contributed by atoms with Crippen LogP contribution in [0.5, 0.6) is 0 Å². The van der Waals surface area contributed by atoms with Gasteiger partial charge in [0, 0.05) is 12.2 Å². The molecule has 0 fully saturated rings. The summed E-state index contributed by atoms with van der Waals surface area (Å²) in [6.07, 6.45) is 1.76. The highest BCUT2D eigenvalue weighted by atomic mass is 32.2. The fourth-order valence-corrected chi connectivity index (χ4v) is 4.29. The Bertz CT molecular complexity index is 894. The van der Waals surface area contributed by atoms with E-state index in [2.05, 4.69) is 27.4 Å². The minimum Gasteiger partial charge on any atom is -0.357 e. The SMILES string of the molecule is C=CCNc1nnc(S[C@H](C(=O)Nc2ccc(C)cc2)c2ccccc2)s1. The minimum absolute atomic E-state index is 0.0918. The summed E-state index contributed by atoms with van der Waals surface area (Å²) in [5.74, 6) is -0.0918. The highest BCUT2D eigenvalue weighted by Crippen LogP contribution is 2.38. The molecule has 7 heteroatoms. The number of aromatic nitrogens is 2. The number of rotatable bonds is 8. The molecule has 0 aliphatic carbocycles. The Morgan fingerprint density at radius 1 is 1.19 bits per heavy atom. The van der Waals surface area contributed by atoms with Crippen LogP contribution in [-0.4, -0.2) is 22.6 Å². The first-order valence-electron chi connectivity index (χ1n) is 8.43. The molecular weight excluding hydrogens is 376 g/mol. The molecule has 0 bridgehead atoms. The molecule has 5 nitrogen and oxygen atoms in total. The molecule has 0 saturated heterocycles.